The maximum absolute atomic E-state index is 12.5. The molecule has 2 aromatic rings. The van der Waals surface area contributed by atoms with Crippen LogP contribution < -0.4 is 11.0 Å². The summed E-state index contributed by atoms with van der Waals surface area (Å²) in [6.07, 6.45) is 1.85. The highest BCUT2D eigenvalue weighted by atomic mass is 16.7. The topological polar surface area (TPSA) is 40.5 Å². The second kappa shape index (κ2) is 5.21. The lowest BCUT2D eigenvalue weighted by atomic mass is 9.78. The van der Waals surface area contributed by atoms with Crippen molar-refractivity contribution in [3.05, 3.63) is 40.8 Å². The van der Waals surface area contributed by atoms with Crippen LogP contribution in [0.5, 0.6) is 0 Å². The highest BCUT2D eigenvalue weighted by Crippen LogP contribution is 2.36. The van der Waals surface area contributed by atoms with E-state index >= 15 is 0 Å². The van der Waals surface area contributed by atoms with E-state index in [1.165, 1.54) is 0 Å². The average Bonchev–Trinajstić information content (AvgIpc) is 2.67. The fourth-order valence-electron chi connectivity index (χ4n) is 2.81. The van der Waals surface area contributed by atoms with Gasteiger partial charge in [-0.05, 0) is 64.5 Å². The first-order chi connectivity index (χ1) is 10.6. The molecule has 1 aliphatic rings. The Balaban J connectivity index is 2.03. The van der Waals surface area contributed by atoms with Crippen molar-refractivity contribution in [2.24, 2.45) is 0 Å². The van der Waals surface area contributed by atoms with Crippen LogP contribution in [0.2, 0.25) is 0 Å². The molecule has 2 heterocycles. The fourth-order valence-corrected chi connectivity index (χ4v) is 2.81. The van der Waals surface area contributed by atoms with Crippen LogP contribution in [0.3, 0.4) is 0 Å². The van der Waals surface area contributed by atoms with Gasteiger partial charge in [0.15, 0.2) is 0 Å². The molecule has 0 unspecified atom stereocenters. The maximum atomic E-state index is 12.5. The molecule has 0 N–H and O–H groups in total. The summed E-state index contributed by atoms with van der Waals surface area (Å²) in [6, 6.07) is 7.91. The van der Waals surface area contributed by atoms with Gasteiger partial charge in [-0.25, -0.2) is 0 Å². The summed E-state index contributed by atoms with van der Waals surface area (Å²) in [5.41, 5.74) is 0.247. The highest BCUT2D eigenvalue weighted by molar-refractivity contribution is 6.62. The second-order valence-corrected chi connectivity index (χ2v) is 7.56. The largest absolute Gasteiger partial charge is 0.494 e. The number of rotatable bonds is 2. The molecule has 0 atom stereocenters. The van der Waals surface area contributed by atoms with Crippen LogP contribution in [0.25, 0.3) is 10.8 Å². The summed E-state index contributed by atoms with van der Waals surface area (Å²) in [6.45, 7) is 12.2. The average molecular weight is 313 g/mol. The summed E-state index contributed by atoms with van der Waals surface area (Å²) in [5, 5.41) is 1.64. The SMILES string of the molecule is CC(C)n1ccc2cc(B3OC(C)(C)C(C)(C)O3)ccc2c1=O. The van der Waals surface area contributed by atoms with E-state index in [0.717, 1.165) is 16.2 Å². The summed E-state index contributed by atoms with van der Waals surface area (Å²) in [4.78, 5) is 12.5. The molecule has 5 heteroatoms. The van der Waals surface area contributed by atoms with Gasteiger partial charge in [-0.3, -0.25) is 4.79 Å². The van der Waals surface area contributed by atoms with Gasteiger partial charge in [0.1, 0.15) is 0 Å². The third kappa shape index (κ3) is 2.62. The molecular formula is C18H24BNO3. The maximum Gasteiger partial charge on any atom is 0.494 e. The van der Waals surface area contributed by atoms with Gasteiger partial charge in [0.2, 0.25) is 0 Å². The number of nitrogens with zero attached hydrogens (tertiary/aromatic N) is 1. The molecule has 122 valence electrons. The Hall–Kier alpha value is -1.59. The van der Waals surface area contributed by atoms with E-state index in [9.17, 15) is 4.79 Å². The standard InChI is InChI=1S/C18H24BNO3/c1-12(2)20-10-9-13-11-14(7-8-15(13)16(20)21)19-22-17(3,4)18(5,6)23-19/h7-12H,1-6H3. The summed E-state index contributed by atoms with van der Waals surface area (Å²) >= 11 is 0. The number of fused-ring (bicyclic) bond motifs is 1. The lowest BCUT2D eigenvalue weighted by Gasteiger charge is -2.32. The normalized spacial score (nSPS) is 19.7. The van der Waals surface area contributed by atoms with Crippen LogP contribution in [0.4, 0.5) is 0 Å². The van der Waals surface area contributed by atoms with Crippen LogP contribution in [-0.4, -0.2) is 22.9 Å². The number of aromatic nitrogens is 1. The molecule has 23 heavy (non-hydrogen) atoms. The molecular weight excluding hydrogens is 289 g/mol. The molecule has 1 saturated heterocycles. The van der Waals surface area contributed by atoms with Gasteiger partial charge < -0.3 is 13.9 Å². The van der Waals surface area contributed by atoms with Crippen molar-refractivity contribution in [3.63, 3.8) is 0 Å². The molecule has 0 spiro atoms. The molecule has 0 radical (unpaired) electrons. The third-order valence-electron chi connectivity index (χ3n) is 5.04. The van der Waals surface area contributed by atoms with Crippen LogP contribution in [0.1, 0.15) is 47.6 Å². The molecule has 1 aromatic heterocycles. The molecule has 0 bridgehead atoms. The van der Waals surface area contributed by atoms with E-state index < -0.39 is 7.12 Å². The van der Waals surface area contributed by atoms with E-state index in [1.807, 2.05) is 72.0 Å². The van der Waals surface area contributed by atoms with E-state index in [1.54, 1.807) is 4.57 Å². The van der Waals surface area contributed by atoms with Crippen molar-refractivity contribution < 1.29 is 9.31 Å². The number of pyridine rings is 1. The van der Waals surface area contributed by atoms with Crippen LogP contribution >= 0.6 is 0 Å². The number of hydrogen-bond acceptors (Lipinski definition) is 3. The Labute approximate surface area is 137 Å². The van der Waals surface area contributed by atoms with Crippen molar-refractivity contribution in [1.82, 2.24) is 4.57 Å². The Morgan fingerprint density at radius 3 is 2.22 bits per heavy atom. The molecule has 3 rings (SSSR count). The summed E-state index contributed by atoms with van der Waals surface area (Å²) in [5.74, 6) is 0. The second-order valence-electron chi connectivity index (χ2n) is 7.56. The smallest absolute Gasteiger partial charge is 0.399 e. The number of hydrogen-bond donors (Lipinski definition) is 0. The van der Waals surface area contributed by atoms with E-state index in [2.05, 4.69) is 0 Å². The van der Waals surface area contributed by atoms with Crippen molar-refractivity contribution in [2.75, 3.05) is 0 Å². The minimum atomic E-state index is -0.406. The summed E-state index contributed by atoms with van der Waals surface area (Å²) < 4.78 is 13.9. The third-order valence-corrected chi connectivity index (χ3v) is 5.04. The van der Waals surface area contributed by atoms with E-state index in [-0.39, 0.29) is 22.8 Å². The highest BCUT2D eigenvalue weighted by Gasteiger charge is 2.51. The minimum Gasteiger partial charge on any atom is -0.399 e. The predicted octanol–water partition coefficient (Wildman–Crippen LogP) is 2.88. The van der Waals surface area contributed by atoms with Gasteiger partial charge in [-0.15, -0.1) is 0 Å². The Morgan fingerprint density at radius 2 is 1.65 bits per heavy atom. The van der Waals surface area contributed by atoms with Crippen molar-refractivity contribution in [2.45, 2.75) is 58.8 Å². The van der Waals surface area contributed by atoms with Gasteiger partial charge in [0.05, 0.1) is 11.2 Å². The quantitative estimate of drug-likeness (QED) is 0.801. The molecule has 1 fully saturated rings. The lowest BCUT2D eigenvalue weighted by molar-refractivity contribution is 0.00578. The van der Waals surface area contributed by atoms with Gasteiger partial charge in [0.25, 0.3) is 5.56 Å². The first-order valence-electron chi connectivity index (χ1n) is 8.13. The van der Waals surface area contributed by atoms with Crippen LogP contribution in [-0.2, 0) is 9.31 Å². The monoisotopic (exact) mass is 313 g/mol. The molecule has 0 amide bonds. The Bertz CT molecular complexity index is 792. The summed E-state index contributed by atoms with van der Waals surface area (Å²) in [7, 11) is -0.406. The van der Waals surface area contributed by atoms with E-state index in [0.29, 0.717) is 0 Å². The van der Waals surface area contributed by atoms with Gasteiger partial charge >= 0.3 is 7.12 Å². The van der Waals surface area contributed by atoms with Gasteiger partial charge in [0, 0.05) is 17.6 Å². The van der Waals surface area contributed by atoms with Crippen LogP contribution in [0.15, 0.2) is 35.3 Å². The zero-order chi connectivity index (χ0) is 17.0. The van der Waals surface area contributed by atoms with Gasteiger partial charge in [-0.1, -0.05) is 12.1 Å². The first-order valence-corrected chi connectivity index (χ1v) is 8.13. The van der Waals surface area contributed by atoms with E-state index in [4.69, 9.17) is 9.31 Å². The Kier molecular flexibility index (Phi) is 3.69. The zero-order valence-corrected chi connectivity index (χ0v) is 14.7. The lowest BCUT2D eigenvalue weighted by Crippen LogP contribution is -2.41. The van der Waals surface area contributed by atoms with Crippen molar-refractivity contribution in [1.29, 1.82) is 0 Å². The Morgan fingerprint density at radius 1 is 1.04 bits per heavy atom. The molecule has 0 aliphatic carbocycles. The number of benzene rings is 1. The predicted molar refractivity (Wildman–Crippen MR) is 94.3 cm³/mol. The molecule has 0 saturated carbocycles. The minimum absolute atomic E-state index is 0.0398. The molecule has 4 nitrogen and oxygen atoms in total. The fraction of sp³-hybridized carbons (Fsp3) is 0.500. The van der Waals surface area contributed by atoms with Crippen molar-refractivity contribution >= 4 is 23.4 Å². The first kappa shape index (κ1) is 16.3. The molecule has 1 aromatic carbocycles. The van der Waals surface area contributed by atoms with Crippen LogP contribution in [0, 0.1) is 0 Å². The zero-order valence-electron chi connectivity index (χ0n) is 14.7. The molecule has 1 aliphatic heterocycles. The van der Waals surface area contributed by atoms with Gasteiger partial charge in [-0.2, -0.15) is 0 Å². The van der Waals surface area contributed by atoms with Crippen molar-refractivity contribution in [3.8, 4) is 0 Å².